The van der Waals surface area contributed by atoms with Gasteiger partial charge in [-0.3, -0.25) is 4.79 Å². The summed E-state index contributed by atoms with van der Waals surface area (Å²) in [5.41, 5.74) is 4.27. The Bertz CT molecular complexity index is 1120. The van der Waals surface area contributed by atoms with E-state index >= 15 is 0 Å². The van der Waals surface area contributed by atoms with Gasteiger partial charge in [0.1, 0.15) is 30.8 Å². The van der Waals surface area contributed by atoms with Gasteiger partial charge < -0.3 is 29.5 Å². The fourth-order valence-corrected chi connectivity index (χ4v) is 3.46. The second-order valence-electron chi connectivity index (χ2n) is 8.44. The minimum Gasteiger partial charge on any atom is -0.491 e. The maximum atomic E-state index is 11.1. The third kappa shape index (κ3) is 6.33. The Morgan fingerprint density at radius 2 is 1.76 bits per heavy atom. The fourth-order valence-electron chi connectivity index (χ4n) is 3.46. The Balaban J connectivity index is 1.72. The maximum absolute atomic E-state index is 11.1. The van der Waals surface area contributed by atoms with Crippen LogP contribution >= 0.6 is 0 Å². The molecule has 34 heavy (non-hydrogen) atoms. The molecule has 2 aromatic carbocycles. The van der Waals surface area contributed by atoms with Crippen molar-refractivity contribution in [1.82, 2.24) is 15.5 Å². The summed E-state index contributed by atoms with van der Waals surface area (Å²) in [6.07, 6.45) is -0.817. The van der Waals surface area contributed by atoms with Crippen molar-refractivity contribution in [3.8, 4) is 34.3 Å². The molecule has 3 rings (SSSR count). The third-order valence-corrected chi connectivity index (χ3v) is 5.03. The number of nitrogens with one attached hydrogen (secondary N) is 1. The molecule has 0 unspecified atom stereocenters. The predicted molar refractivity (Wildman–Crippen MR) is 127 cm³/mol. The molecule has 1 heterocycles. The van der Waals surface area contributed by atoms with E-state index in [1.807, 2.05) is 65.0 Å². The predicted octanol–water partition coefficient (Wildman–Crippen LogP) is 2.96. The van der Waals surface area contributed by atoms with E-state index in [0.717, 1.165) is 33.6 Å². The summed E-state index contributed by atoms with van der Waals surface area (Å²) in [5, 5.41) is 25.3. The molecule has 0 radical (unpaired) electrons. The first-order chi connectivity index (χ1) is 16.2. The molecule has 9 heteroatoms. The van der Waals surface area contributed by atoms with Gasteiger partial charge in [-0.2, -0.15) is 4.98 Å². The van der Waals surface area contributed by atoms with E-state index in [1.54, 1.807) is 0 Å². The zero-order valence-corrected chi connectivity index (χ0v) is 20.1. The maximum Gasteiger partial charge on any atom is 0.258 e. The van der Waals surface area contributed by atoms with Crippen LogP contribution in [0.5, 0.6) is 11.5 Å². The highest BCUT2D eigenvalue weighted by molar-refractivity contribution is 5.76. The number of hydrogen-bond donors (Lipinski definition) is 3. The molecular formula is C25H31N3O6. The summed E-state index contributed by atoms with van der Waals surface area (Å²) >= 11 is 0. The first kappa shape index (κ1) is 25.2. The Morgan fingerprint density at radius 1 is 1.09 bits per heavy atom. The van der Waals surface area contributed by atoms with Crippen LogP contribution in [0.2, 0.25) is 0 Å². The number of amides is 1. The number of nitrogens with zero attached hydrogens (tertiary/aromatic N) is 2. The van der Waals surface area contributed by atoms with Crippen molar-refractivity contribution in [2.75, 3.05) is 19.8 Å². The van der Waals surface area contributed by atoms with Crippen molar-refractivity contribution in [1.29, 1.82) is 0 Å². The molecule has 3 aromatic rings. The van der Waals surface area contributed by atoms with E-state index in [0.29, 0.717) is 17.5 Å². The molecule has 0 aliphatic heterocycles. The standard InChI is InChI=1S/C25H31N3O6/c1-14(2)33-21-7-6-18(8-15(21)3)25-27-24(28-34-25)19-9-16(4)23(17(5)10-19)32-13-20(30)11-26-22(31)12-29/h6-10,14,20,29-30H,11-13H2,1-5H3,(H,26,31)/t20-/m1/s1. The number of carbonyl (C=O) groups is 1. The lowest BCUT2D eigenvalue weighted by Crippen LogP contribution is -2.36. The zero-order valence-electron chi connectivity index (χ0n) is 20.1. The summed E-state index contributed by atoms with van der Waals surface area (Å²) < 4.78 is 17.1. The molecule has 0 saturated carbocycles. The van der Waals surface area contributed by atoms with Crippen LogP contribution in [0.25, 0.3) is 22.8 Å². The molecule has 0 saturated heterocycles. The number of aromatic nitrogens is 2. The van der Waals surface area contributed by atoms with Gasteiger partial charge in [-0.05, 0) is 81.6 Å². The van der Waals surface area contributed by atoms with Crippen molar-refractivity contribution in [2.45, 2.75) is 46.8 Å². The average molecular weight is 470 g/mol. The number of ether oxygens (including phenoxy) is 2. The number of aliphatic hydroxyl groups excluding tert-OH is 2. The van der Waals surface area contributed by atoms with E-state index in [2.05, 4.69) is 15.5 Å². The molecule has 0 aliphatic carbocycles. The normalized spacial score (nSPS) is 12.0. The van der Waals surface area contributed by atoms with Gasteiger partial charge in [0.2, 0.25) is 11.7 Å². The van der Waals surface area contributed by atoms with Crippen LogP contribution in [0.3, 0.4) is 0 Å². The molecule has 1 aromatic heterocycles. The number of carbonyl (C=O) groups excluding carboxylic acids is 1. The monoisotopic (exact) mass is 469 g/mol. The van der Waals surface area contributed by atoms with E-state index < -0.39 is 18.6 Å². The van der Waals surface area contributed by atoms with Gasteiger partial charge >= 0.3 is 0 Å². The van der Waals surface area contributed by atoms with Crippen LogP contribution in [0.1, 0.15) is 30.5 Å². The molecule has 182 valence electrons. The number of hydrogen-bond acceptors (Lipinski definition) is 8. The lowest BCUT2D eigenvalue weighted by Gasteiger charge is -2.16. The number of benzene rings is 2. The van der Waals surface area contributed by atoms with Crippen molar-refractivity contribution >= 4 is 5.91 Å². The van der Waals surface area contributed by atoms with Crippen LogP contribution in [0, 0.1) is 20.8 Å². The highest BCUT2D eigenvalue weighted by atomic mass is 16.5. The summed E-state index contributed by atoms with van der Waals surface area (Å²) in [6.45, 7) is 9.09. The minimum absolute atomic E-state index is 0.00500. The zero-order chi connectivity index (χ0) is 24.8. The van der Waals surface area contributed by atoms with Crippen LogP contribution in [-0.2, 0) is 4.79 Å². The van der Waals surface area contributed by atoms with E-state index in [4.69, 9.17) is 19.1 Å². The van der Waals surface area contributed by atoms with Crippen molar-refractivity contribution in [2.24, 2.45) is 0 Å². The average Bonchev–Trinajstić information content (AvgIpc) is 3.28. The first-order valence-corrected chi connectivity index (χ1v) is 11.1. The van der Waals surface area contributed by atoms with Gasteiger partial charge in [-0.15, -0.1) is 0 Å². The molecule has 0 spiro atoms. The number of aliphatic hydroxyl groups is 2. The van der Waals surface area contributed by atoms with Crippen LogP contribution < -0.4 is 14.8 Å². The Kier molecular flexibility index (Phi) is 8.25. The van der Waals surface area contributed by atoms with Crippen LogP contribution in [-0.4, -0.2) is 58.2 Å². The second kappa shape index (κ2) is 11.1. The molecule has 1 amide bonds. The molecule has 0 aliphatic rings. The van der Waals surface area contributed by atoms with E-state index in [1.165, 1.54) is 0 Å². The smallest absolute Gasteiger partial charge is 0.258 e. The van der Waals surface area contributed by atoms with E-state index in [9.17, 15) is 9.90 Å². The SMILES string of the molecule is Cc1cc(-c2nc(-c3cc(C)c(OC[C@H](O)CNC(=O)CO)c(C)c3)no2)ccc1OC(C)C. The summed E-state index contributed by atoms with van der Waals surface area (Å²) in [4.78, 5) is 15.7. The Labute approximate surface area is 198 Å². The minimum atomic E-state index is -0.908. The third-order valence-electron chi connectivity index (χ3n) is 5.03. The van der Waals surface area contributed by atoms with Crippen LogP contribution in [0.15, 0.2) is 34.9 Å². The quantitative estimate of drug-likeness (QED) is 0.414. The topological polar surface area (TPSA) is 127 Å². The lowest BCUT2D eigenvalue weighted by molar-refractivity contribution is -0.124. The summed E-state index contributed by atoms with van der Waals surface area (Å²) in [7, 11) is 0. The molecule has 9 nitrogen and oxygen atoms in total. The first-order valence-electron chi connectivity index (χ1n) is 11.1. The highest BCUT2D eigenvalue weighted by Crippen LogP contribution is 2.31. The van der Waals surface area contributed by atoms with Gasteiger partial charge in [-0.1, -0.05) is 5.16 Å². The molecule has 3 N–H and O–H groups in total. The summed E-state index contributed by atoms with van der Waals surface area (Å²) in [6, 6.07) is 9.53. The van der Waals surface area contributed by atoms with Crippen LogP contribution in [0.4, 0.5) is 0 Å². The van der Waals surface area contributed by atoms with Gasteiger partial charge in [0, 0.05) is 17.7 Å². The molecule has 0 fully saturated rings. The van der Waals surface area contributed by atoms with E-state index in [-0.39, 0.29) is 19.3 Å². The second-order valence-corrected chi connectivity index (χ2v) is 8.44. The van der Waals surface area contributed by atoms with Gasteiger partial charge in [-0.25, -0.2) is 0 Å². The molecular weight excluding hydrogens is 438 g/mol. The highest BCUT2D eigenvalue weighted by Gasteiger charge is 2.16. The van der Waals surface area contributed by atoms with Gasteiger partial charge in [0.15, 0.2) is 0 Å². The van der Waals surface area contributed by atoms with Crippen molar-refractivity contribution in [3.63, 3.8) is 0 Å². The largest absolute Gasteiger partial charge is 0.491 e. The molecule has 0 bridgehead atoms. The number of aryl methyl sites for hydroxylation is 3. The van der Waals surface area contributed by atoms with Crippen molar-refractivity contribution < 1.29 is 29.0 Å². The Hall–Kier alpha value is -3.43. The Morgan fingerprint density at radius 3 is 2.38 bits per heavy atom. The van der Waals surface area contributed by atoms with Crippen molar-refractivity contribution in [3.05, 3.63) is 47.0 Å². The number of rotatable bonds is 10. The lowest BCUT2D eigenvalue weighted by atomic mass is 10.1. The fraction of sp³-hybridized carbons (Fsp3) is 0.400. The van der Waals surface area contributed by atoms with Gasteiger partial charge in [0.05, 0.1) is 6.10 Å². The van der Waals surface area contributed by atoms with Gasteiger partial charge in [0.25, 0.3) is 5.89 Å². The molecule has 1 atom stereocenters. The summed E-state index contributed by atoms with van der Waals surface area (Å²) in [5.74, 6) is 1.78.